The largest absolute Gasteiger partial charge is 0.340 e. The molecule has 0 bridgehead atoms. The Balaban J connectivity index is 1.41. The van der Waals surface area contributed by atoms with Crippen molar-refractivity contribution in [2.75, 3.05) is 42.9 Å². The van der Waals surface area contributed by atoms with Crippen molar-refractivity contribution < 1.29 is 14.4 Å². The van der Waals surface area contributed by atoms with Crippen molar-refractivity contribution in [1.29, 1.82) is 0 Å². The minimum atomic E-state index is -0.340. The van der Waals surface area contributed by atoms with Gasteiger partial charge in [0.15, 0.2) is 0 Å². The molecule has 0 aliphatic carbocycles. The van der Waals surface area contributed by atoms with Gasteiger partial charge in [-0.25, -0.2) is 0 Å². The lowest BCUT2D eigenvalue weighted by molar-refractivity contribution is -0.137. The summed E-state index contributed by atoms with van der Waals surface area (Å²) in [7, 11) is 0. The van der Waals surface area contributed by atoms with Crippen molar-refractivity contribution >= 4 is 29.1 Å². The Bertz CT molecular complexity index is 1040. The van der Waals surface area contributed by atoms with Crippen molar-refractivity contribution in [2.24, 2.45) is 5.92 Å². The first-order valence-electron chi connectivity index (χ1n) is 11.6. The summed E-state index contributed by atoms with van der Waals surface area (Å²) in [5.41, 5.74) is 2.91. The molecule has 7 heteroatoms. The summed E-state index contributed by atoms with van der Waals surface area (Å²) in [6.07, 6.45) is 0.211. The maximum Gasteiger partial charge on any atom is 0.255 e. The van der Waals surface area contributed by atoms with E-state index in [0.29, 0.717) is 36.9 Å². The van der Waals surface area contributed by atoms with Crippen molar-refractivity contribution in [3.05, 3.63) is 59.7 Å². The molecule has 2 aliphatic heterocycles. The first-order chi connectivity index (χ1) is 15.8. The van der Waals surface area contributed by atoms with Crippen LogP contribution in [0.15, 0.2) is 48.5 Å². The fourth-order valence-corrected chi connectivity index (χ4v) is 4.58. The molecule has 0 saturated carbocycles. The number of piperazine rings is 1. The number of carbonyl (C=O) groups excluding carboxylic acids is 3. The Morgan fingerprint density at radius 2 is 1.73 bits per heavy atom. The molecule has 174 valence electrons. The third-order valence-electron chi connectivity index (χ3n) is 6.53. The van der Waals surface area contributed by atoms with Crippen molar-refractivity contribution in [2.45, 2.75) is 33.2 Å². The van der Waals surface area contributed by atoms with Crippen LogP contribution in [-0.2, 0) is 9.59 Å². The van der Waals surface area contributed by atoms with E-state index in [1.807, 2.05) is 42.2 Å². The third-order valence-corrected chi connectivity index (χ3v) is 6.53. The molecule has 3 amide bonds. The normalized spacial score (nSPS) is 19.3. The van der Waals surface area contributed by atoms with Crippen LogP contribution in [0.25, 0.3) is 0 Å². The lowest BCUT2D eigenvalue weighted by Gasteiger charge is -2.37. The lowest BCUT2D eigenvalue weighted by Crippen LogP contribution is -2.52. The van der Waals surface area contributed by atoms with Gasteiger partial charge in [-0.2, -0.15) is 0 Å². The Kier molecular flexibility index (Phi) is 6.79. The van der Waals surface area contributed by atoms with E-state index in [1.165, 1.54) is 0 Å². The fraction of sp³-hybridized carbons (Fsp3) is 0.423. The molecule has 2 saturated heterocycles. The standard InChI is InChI=1S/C26H32N4O3/c1-18(2)28-10-12-29(13-11-28)26(33)21-16-24(31)30(17-21)23-9-5-7-20(15-23)25(32)27-22-8-4-6-19(3)14-22/h4-9,14-15,18,21H,10-13,16-17H2,1-3H3,(H,27,32)/t21-/m0/s1. The van der Waals surface area contributed by atoms with Gasteiger partial charge in [0.05, 0.1) is 5.92 Å². The van der Waals surface area contributed by atoms with Crippen LogP contribution < -0.4 is 10.2 Å². The van der Waals surface area contributed by atoms with E-state index in [4.69, 9.17) is 0 Å². The van der Waals surface area contributed by atoms with E-state index < -0.39 is 0 Å². The molecule has 0 spiro atoms. The monoisotopic (exact) mass is 448 g/mol. The predicted octanol–water partition coefficient (Wildman–Crippen LogP) is 3.15. The molecule has 1 N–H and O–H groups in total. The molecule has 2 fully saturated rings. The molecule has 2 aromatic rings. The van der Waals surface area contributed by atoms with Crippen LogP contribution in [0.2, 0.25) is 0 Å². The zero-order valence-corrected chi connectivity index (χ0v) is 19.6. The summed E-state index contributed by atoms with van der Waals surface area (Å²) in [5.74, 6) is -0.592. The Morgan fingerprint density at radius 1 is 1.00 bits per heavy atom. The number of carbonyl (C=O) groups is 3. The van der Waals surface area contributed by atoms with E-state index in [1.54, 1.807) is 23.1 Å². The lowest BCUT2D eigenvalue weighted by atomic mass is 10.1. The number of nitrogens with zero attached hydrogens (tertiary/aromatic N) is 3. The van der Waals surface area contributed by atoms with Gasteiger partial charge in [0, 0.05) is 62.1 Å². The molecule has 1 atom stereocenters. The van der Waals surface area contributed by atoms with Crippen molar-refractivity contribution in [3.63, 3.8) is 0 Å². The van der Waals surface area contributed by atoms with Gasteiger partial charge in [-0.1, -0.05) is 18.2 Å². The Hall–Kier alpha value is -3.19. The highest BCUT2D eigenvalue weighted by Crippen LogP contribution is 2.28. The molecule has 2 aromatic carbocycles. The van der Waals surface area contributed by atoms with E-state index in [2.05, 4.69) is 24.1 Å². The van der Waals surface area contributed by atoms with Gasteiger partial charge in [-0.05, 0) is 56.7 Å². The first kappa shape index (κ1) is 23.0. The van der Waals surface area contributed by atoms with Crippen LogP contribution in [0, 0.1) is 12.8 Å². The summed E-state index contributed by atoms with van der Waals surface area (Å²) < 4.78 is 0. The van der Waals surface area contributed by atoms with Gasteiger partial charge in [0.2, 0.25) is 11.8 Å². The van der Waals surface area contributed by atoms with Gasteiger partial charge in [0.1, 0.15) is 0 Å². The van der Waals surface area contributed by atoms with Gasteiger partial charge in [-0.3, -0.25) is 19.3 Å². The highest BCUT2D eigenvalue weighted by atomic mass is 16.2. The summed E-state index contributed by atoms with van der Waals surface area (Å²) >= 11 is 0. The minimum absolute atomic E-state index is 0.0580. The number of hydrogen-bond acceptors (Lipinski definition) is 4. The number of benzene rings is 2. The van der Waals surface area contributed by atoms with E-state index in [0.717, 1.165) is 24.3 Å². The second-order valence-corrected chi connectivity index (χ2v) is 9.23. The van der Waals surface area contributed by atoms with Crippen LogP contribution in [0.1, 0.15) is 36.2 Å². The topological polar surface area (TPSA) is 73.0 Å². The SMILES string of the molecule is Cc1cccc(NC(=O)c2cccc(N3C[C@@H](C(=O)N4CCN(C(C)C)CC4)CC3=O)c2)c1. The van der Waals surface area contributed by atoms with Gasteiger partial charge < -0.3 is 15.1 Å². The van der Waals surface area contributed by atoms with Crippen LogP contribution in [0.3, 0.4) is 0 Å². The third kappa shape index (κ3) is 5.25. The smallest absolute Gasteiger partial charge is 0.255 e. The molecule has 0 unspecified atom stereocenters. The average Bonchev–Trinajstić information content (AvgIpc) is 3.20. The maximum absolute atomic E-state index is 13.1. The number of amides is 3. The fourth-order valence-electron chi connectivity index (χ4n) is 4.58. The second-order valence-electron chi connectivity index (χ2n) is 9.23. The number of anilines is 2. The molecular formula is C26H32N4O3. The van der Waals surface area contributed by atoms with E-state index >= 15 is 0 Å². The van der Waals surface area contributed by atoms with Crippen LogP contribution in [0.4, 0.5) is 11.4 Å². The van der Waals surface area contributed by atoms with E-state index in [9.17, 15) is 14.4 Å². The molecule has 2 heterocycles. The summed E-state index contributed by atoms with van der Waals surface area (Å²) in [6, 6.07) is 15.1. The predicted molar refractivity (Wildman–Crippen MR) is 129 cm³/mol. The molecule has 7 nitrogen and oxygen atoms in total. The average molecular weight is 449 g/mol. The quantitative estimate of drug-likeness (QED) is 0.763. The zero-order valence-electron chi connectivity index (χ0n) is 19.6. The van der Waals surface area contributed by atoms with Crippen LogP contribution in [0.5, 0.6) is 0 Å². The first-order valence-corrected chi connectivity index (χ1v) is 11.6. The Labute approximate surface area is 195 Å². The van der Waals surface area contributed by atoms with Gasteiger partial charge in [0.25, 0.3) is 5.91 Å². The molecule has 4 rings (SSSR count). The minimum Gasteiger partial charge on any atom is -0.340 e. The van der Waals surface area contributed by atoms with Crippen molar-refractivity contribution in [3.8, 4) is 0 Å². The van der Waals surface area contributed by atoms with Crippen LogP contribution in [-0.4, -0.2) is 66.3 Å². The zero-order chi connectivity index (χ0) is 23.5. The summed E-state index contributed by atoms with van der Waals surface area (Å²) in [5, 5.41) is 2.90. The Morgan fingerprint density at radius 3 is 2.42 bits per heavy atom. The summed E-state index contributed by atoms with van der Waals surface area (Å²) in [6.45, 7) is 9.80. The summed E-state index contributed by atoms with van der Waals surface area (Å²) in [4.78, 5) is 44.5. The highest BCUT2D eigenvalue weighted by Gasteiger charge is 2.38. The molecule has 0 aromatic heterocycles. The van der Waals surface area contributed by atoms with Gasteiger partial charge >= 0.3 is 0 Å². The molecule has 33 heavy (non-hydrogen) atoms. The maximum atomic E-state index is 13.1. The van der Waals surface area contributed by atoms with E-state index in [-0.39, 0.29) is 30.1 Å². The van der Waals surface area contributed by atoms with Crippen LogP contribution >= 0.6 is 0 Å². The second kappa shape index (κ2) is 9.75. The molecule has 2 aliphatic rings. The number of hydrogen-bond donors (Lipinski definition) is 1. The molecular weight excluding hydrogens is 416 g/mol. The highest BCUT2D eigenvalue weighted by molar-refractivity contribution is 6.06. The number of rotatable bonds is 5. The number of nitrogens with one attached hydrogen (secondary N) is 1. The van der Waals surface area contributed by atoms with Crippen molar-refractivity contribution in [1.82, 2.24) is 9.80 Å². The van der Waals surface area contributed by atoms with Gasteiger partial charge in [-0.15, -0.1) is 0 Å². The number of aryl methyl sites for hydroxylation is 1. The molecule has 0 radical (unpaired) electrons.